The van der Waals surface area contributed by atoms with Crippen molar-refractivity contribution in [3.8, 4) is 0 Å². The van der Waals surface area contributed by atoms with Crippen LogP contribution in [0.1, 0.15) is 10.4 Å². The summed E-state index contributed by atoms with van der Waals surface area (Å²) in [6, 6.07) is 4.83. The number of carbonyl (C=O) groups is 2. The molecule has 21 heavy (non-hydrogen) atoms. The number of benzene rings is 1. The minimum absolute atomic E-state index is 0.0596. The minimum atomic E-state index is -0.136. The Bertz CT molecular complexity index is 542. The molecule has 0 aliphatic carbocycles. The summed E-state index contributed by atoms with van der Waals surface area (Å²) in [5.41, 5.74) is 6.64. The van der Waals surface area contributed by atoms with Crippen LogP contribution in [-0.4, -0.2) is 61.5 Å². The van der Waals surface area contributed by atoms with E-state index < -0.39 is 0 Å². The van der Waals surface area contributed by atoms with Crippen LogP contribution in [0.2, 0.25) is 5.02 Å². The molecule has 1 aromatic carbocycles. The van der Waals surface area contributed by atoms with Gasteiger partial charge in [-0.15, -0.1) is 0 Å². The molecular formula is C14H18ClN3O3. The van der Waals surface area contributed by atoms with Crippen molar-refractivity contribution < 1.29 is 14.3 Å². The Kier molecular flexibility index (Phi) is 5.03. The molecule has 6 nitrogen and oxygen atoms in total. The van der Waals surface area contributed by atoms with Gasteiger partial charge >= 0.3 is 0 Å². The third kappa shape index (κ3) is 3.65. The zero-order valence-corrected chi connectivity index (χ0v) is 12.6. The van der Waals surface area contributed by atoms with Gasteiger partial charge in [0.2, 0.25) is 5.91 Å². The number of rotatable bonds is 3. The van der Waals surface area contributed by atoms with Crippen LogP contribution in [0.5, 0.6) is 0 Å². The number of nitrogens with two attached hydrogens (primary N) is 1. The van der Waals surface area contributed by atoms with Crippen molar-refractivity contribution in [2.75, 3.05) is 45.6 Å². The van der Waals surface area contributed by atoms with E-state index in [1.54, 1.807) is 28.0 Å². The molecule has 0 saturated carbocycles. The number of methoxy groups -OCH3 is 1. The van der Waals surface area contributed by atoms with Gasteiger partial charge in [-0.05, 0) is 18.2 Å². The quantitative estimate of drug-likeness (QED) is 0.840. The third-order valence-corrected chi connectivity index (χ3v) is 3.67. The van der Waals surface area contributed by atoms with Gasteiger partial charge in [-0.3, -0.25) is 9.59 Å². The molecule has 0 bridgehead atoms. The van der Waals surface area contributed by atoms with Crippen molar-refractivity contribution in [1.82, 2.24) is 9.80 Å². The van der Waals surface area contributed by atoms with E-state index in [4.69, 9.17) is 22.1 Å². The summed E-state index contributed by atoms with van der Waals surface area (Å²) in [6.45, 7) is 2.04. The second kappa shape index (κ2) is 6.78. The van der Waals surface area contributed by atoms with Crippen LogP contribution >= 0.6 is 11.6 Å². The first-order valence-corrected chi connectivity index (χ1v) is 7.01. The predicted octanol–water partition coefficient (Wildman–Crippen LogP) is 0.853. The van der Waals surface area contributed by atoms with Crippen LogP contribution < -0.4 is 5.73 Å². The lowest BCUT2D eigenvalue weighted by atomic mass is 10.1. The summed E-state index contributed by atoms with van der Waals surface area (Å²) >= 11 is 5.83. The standard InChI is InChI=1S/C14H18ClN3O3/c1-21-9-13(19)17-4-6-18(7-5-17)14(20)11-3-2-10(15)8-12(11)16/h2-3,8H,4-7,9,16H2,1H3. The summed E-state index contributed by atoms with van der Waals surface area (Å²) < 4.78 is 4.83. The third-order valence-electron chi connectivity index (χ3n) is 3.43. The van der Waals surface area contributed by atoms with Crippen molar-refractivity contribution in [3.05, 3.63) is 28.8 Å². The number of halogens is 1. The topological polar surface area (TPSA) is 75.9 Å². The molecule has 0 atom stereocenters. The Hall–Kier alpha value is -1.79. The van der Waals surface area contributed by atoms with Crippen molar-refractivity contribution in [2.24, 2.45) is 0 Å². The molecule has 0 spiro atoms. The number of nitrogen functional groups attached to an aromatic ring is 1. The lowest BCUT2D eigenvalue weighted by Crippen LogP contribution is -2.51. The van der Waals surface area contributed by atoms with Crippen molar-refractivity contribution in [1.29, 1.82) is 0 Å². The maximum Gasteiger partial charge on any atom is 0.256 e. The van der Waals surface area contributed by atoms with Crippen LogP contribution in [0.25, 0.3) is 0 Å². The Labute approximate surface area is 128 Å². The Morgan fingerprint density at radius 3 is 2.43 bits per heavy atom. The number of piperazine rings is 1. The number of ether oxygens (including phenoxy) is 1. The molecule has 2 rings (SSSR count). The van der Waals surface area contributed by atoms with E-state index in [1.165, 1.54) is 7.11 Å². The molecule has 0 unspecified atom stereocenters. The van der Waals surface area contributed by atoms with Crippen LogP contribution in [-0.2, 0) is 9.53 Å². The molecule has 1 aliphatic heterocycles. The molecule has 0 aromatic heterocycles. The van der Waals surface area contributed by atoms with Crippen LogP contribution in [0.15, 0.2) is 18.2 Å². The average Bonchev–Trinajstić information content (AvgIpc) is 2.47. The maximum absolute atomic E-state index is 12.4. The maximum atomic E-state index is 12.4. The number of hydrogen-bond acceptors (Lipinski definition) is 4. The highest BCUT2D eigenvalue weighted by Crippen LogP contribution is 2.20. The highest BCUT2D eigenvalue weighted by atomic mass is 35.5. The molecule has 2 amide bonds. The molecular weight excluding hydrogens is 294 g/mol. The lowest BCUT2D eigenvalue weighted by Gasteiger charge is -2.34. The van der Waals surface area contributed by atoms with Crippen molar-refractivity contribution >= 4 is 29.1 Å². The second-order valence-electron chi connectivity index (χ2n) is 4.84. The van der Waals surface area contributed by atoms with Gasteiger partial charge in [0.15, 0.2) is 0 Å². The molecule has 2 N–H and O–H groups in total. The van der Waals surface area contributed by atoms with Gasteiger partial charge in [0, 0.05) is 44.0 Å². The summed E-state index contributed by atoms with van der Waals surface area (Å²) in [4.78, 5) is 27.5. The number of carbonyl (C=O) groups excluding carboxylic acids is 2. The monoisotopic (exact) mass is 311 g/mol. The van der Waals surface area contributed by atoms with E-state index in [-0.39, 0.29) is 18.4 Å². The van der Waals surface area contributed by atoms with Gasteiger partial charge in [-0.1, -0.05) is 11.6 Å². The Morgan fingerprint density at radius 1 is 1.24 bits per heavy atom. The molecule has 114 valence electrons. The Balaban J connectivity index is 1.98. The number of hydrogen-bond donors (Lipinski definition) is 1. The Morgan fingerprint density at radius 2 is 1.86 bits per heavy atom. The number of anilines is 1. The fourth-order valence-corrected chi connectivity index (χ4v) is 2.45. The van der Waals surface area contributed by atoms with Gasteiger partial charge in [-0.25, -0.2) is 0 Å². The van der Waals surface area contributed by atoms with Gasteiger partial charge < -0.3 is 20.3 Å². The second-order valence-corrected chi connectivity index (χ2v) is 5.27. The van der Waals surface area contributed by atoms with E-state index in [1.807, 2.05) is 0 Å². The van der Waals surface area contributed by atoms with Gasteiger partial charge in [-0.2, -0.15) is 0 Å². The largest absolute Gasteiger partial charge is 0.398 e. The highest BCUT2D eigenvalue weighted by molar-refractivity contribution is 6.31. The number of amides is 2. The van der Waals surface area contributed by atoms with E-state index in [0.717, 1.165) is 0 Å². The summed E-state index contributed by atoms with van der Waals surface area (Å²) in [6.07, 6.45) is 0. The first kappa shape index (κ1) is 15.6. The zero-order chi connectivity index (χ0) is 15.4. The molecule has 1 fully saturated rings. The van der Waals surface area contributed by atoms with E-state index in [2.05, 4.69) is 0 Å². The predicted molar refractivity (Wildman–Crippen MR) is 80.2 cm³/mol. The molecule has 1 aliphatic rings. The summed E-state index contributed by atoms with van der Waals surface area (Å²) in [5.74, 6) is -0.196. The SMILES string of the molecule is COCC(=O)N1CCN(C(=O)c2ccc(Cl)cc2N)CC1. The average molecular weight is 312 g/mol. The summed E-state index contributed by atoms with van der Waals surface area (Å²) in [5, 5.41) is 0.499. The van der Waals surface area contributed by atoms with Crippen molar-refractivity contribution in [2.45, 2.75) is 0 Å². The van der Waals surface area contributed by atoms with E-state index in [0.29, 0.717) is 42.5 Å². The summed E-state index contributed by atoms with van der Waals surface area (Å²) in [7, 11) is 1.49. The van der Waals surface area contributed by atoms with Gasteiger partial charge in [0.1, 0.15) is 6.61 Å². The van der Waals surface area contributed by atoms with E-state index >= 15 is 0 Å². The first-order valence-electron chi connectivity index (χ1n) is 6.64. The lowest BCUT2D eigenvalue weighted by molar-refractivity contribution is -0.136. The highest BCUT2D eigenvalue weighted by Gasteiger charge is 2.25. The smallest absolute Gasteiger partial charge is 0.256 e. The van der Waals surface area contributed by atoms with E-state index in [9.17, 15) is 9.59 Å². The van der Waals surface area contributed by atoms with Gasteiger partial charge in [0.25, 0.3) is 5.91 Å². The fraction of sp³-hybridized carbons (Fsp3) is 0.429. The molecule has 1 aromatic rings. The molecule has 1 heterocycles. The zero-order valence-electron chi connectivity index (χ0n) is 11.8. The molecule has 7 heteroatoms. The van der Waals surface area contributed by atoms with Crippen LogP contribution in [0.4, 0.5) is 5.69 Å². The van der Waals surface area contributed by atoms with Crippen LogP contribution in [0.3, 0.4) is 0 Å². The minimum Gasteiger partial charge on any atom is -0.398 e. The van der Waals surface area contributed by atoms with Crippen LogP contribution in [0, 0.1) is 0 Å². The fourth-order valence-electron chi connectivity index (χ4n) is 2.27. The van der Waals surface area contributed by atoms with Gasteiger partial charge in [0.05, 0.1) is 5.56 Å². The first-order chi connectivity index (χ1) is 10.0. The number of nitrogens with zero attached hydrogens (tertiary/aromatic N) is 2. The molecule has 0 radical (unpaired) electrons. The molecule has 1 saturated heterocycles. The van der Waals surface area contributed by atoms with Crippen molar-refractivity contribution in [3.63, 3.8) is 0 Å². The normalized spacial score (nSPS) is 15.1.